The molecule has 1 saturated heterocycles. The number of likely N-dealkylation sites (N-methyl/N-ethyl adjacent to an activating group) is 1. The van der Waals surface area contributed by atoms with E-state index in [0.717, 1.165) is 44.8 Å². The average molecular weight is 412 g/mol. The van der Waals surface area contributed by atoms with Crippen LogP contribution < -0.4 is 10.6 Å². The van der Waals surface area contributed by atoms with E-state index in [2.05, 4.69) is 33.4 Å². The van der Waals surface area contributed by atoms with Crippen LogP contribution in [0.4, 0.5) is 16.2 Å². The molecule has 0 unspecified atom stereocenters. The van der Waals surface area contributed by atoms with E-state index in [1.165, 1.54) is 17.7 Å². The molecular formula is C22H29N5O3. The highest BCUT2D eigenvalue weighted by molar-refractivity contribution is 5.89. The lowest BCUT2D eigenvalue weighted by atomic mass is 10.1. The van der Waals surface area contributed by atoms with Gasteiger partial charge in [0, 0.05) is 56.6 Å². The Bertz CT molecular complexity index is 894. The second-order valence-corrected chi connectivity index (χ2v) is 7.55. The number of benzene rings is 2. The molecule has 1 aliphatic rings. The molecule has 0 spiro atoms. The Morgan fingerprint density at radius 1 is 1.07 bits per heavy atom. The summed E-state index contributed by atoms with van der Waals surface area (Å²) in [6.45, 7) is 10.5. The number of aryl methyl sites for hydroxylation is 1. The van der Waals surface area contributed by atoms with E-state index in [9.17, 15) is 14.9 Å². The first-order valence-electron chi connectivity index (χ1n) is 10.3. The highest BCUT2D eigenvalue weighted by atomic mass is 16.6. The van der Waals surface area contributed by atoms with Crippen LogP contribution in [0.1, 0.15) is 23.6 Å². The SMILES string of the molecule is CCN1CCN(Cc2ccccc2CNC(=O)Nc2ccc([N+](=O)[O-])c(C)c2)CC1. The fraction of sp³-hybridized carbons (Fsp3) is 0.409. The smallest absolute Gasteiger partial charge is 0.319 e. The Kier molecular flexibility index (Phi) is 7.37. The van der Waals surface area contributed by atoms with Crippen molar-refractivity contribution in [3.8, 4) is 0 Å². The summed E-state index contributed by atoms with van der Waals surface area (Å²) in [5.74, 6) is 0. The van der Waals surface area contributed by atoms with E-state index in [4.69, 9.17) is 0 Å². The van der Waals surface area contributed by atoms with Gasteiger partial charge in [-0.1, -0.05) is 31.2 Å². The lowest BCUT2D eigenvalue weighted by Gasteiger charge is -2.34. The van der Waals surface area contributed by atoms with Gasteiger partial charge in [-0.2, -0.15) is 0 Å². The van der Waals surface area contributed by atoms with E-state index < -0.39 is 4.92 Å². The lowest BCUT2D eigenvalue weighted by Crippen LogP contribution is -2.45. The molecule has 0 radical (unpaired) electrons. The monoisotopic (exact) mass is 411 g/mol. The molecule has 0 aromatic heterocycles. The molecule has 3 rings (SSSR count). The number of nitro groups is 1. The largest absolute Gasteiger partial charge is 0.334 e. The molecule has 8 nitrogen and oxygen atoms in total. The highest BCUT2D eigenvalue weighted by Crippen LogP contribution is 2.21. The maximum absolute atomic E-state index is 12.3. The van der Waals surface area contributed by atoms with Gasteiger partial charge in [0.05, 0.1) is 4.92 Å². The van der Waals surface area contributed by atoms with Crippen molar-refractivity contribution >= 4 is 17.4 Å². The lowest BCUT2D eigenvalue weighted by molar-refractivity contribution is -0.385. The number of amides is 2. The van der Waals surface area contributed by atoms with Gasteiger partial charge < -0.3 is 15.5 Å². The zero-order chi connectivity index (χ0) is 21.5. The third kappa shape index (κ3) is 5.77. The number of nitrogens with one attached hydrogen (secondary N) is 2. The fourth-order valence-corrected chi connectivity index (χ4v) is 3.68. The minimum Gasteiger partial charge on any atom is -0.334 e. The van der Waals surface area contributed by atoms with Crippen LogP contribution >= 0.6 is 0 Å². The minimum atomic E-state index is -0.432. The number of nitrogens with zero attached hydrogens (tertiary/aromatic N) is 3. The first-order chi connectivity index (χ1) is 14.5. The maximum atomic E-state index is 12.3. The third-order valence-electron chi connectivity index (χ3n) is 5.52. The van der Waals surface area contributed by atoms with Crippen LogP contribution in [0, 0.1) is 17.0 Å². The standard InChI is InChI=1S/C22H29N5O3/c1-3-25-10-12-26(13-11-25)16-19-7-5-4-6-18(19)15-23-22(28)24-20-8-9-21(27(29)30)17(2)14-20/h4-9,14H,3,10-13,15-16H2,1-2H3,(H2,23,24,28). The van der Waals surface area contributed by atoms with Crippen LogP contribution in [0.25, 0.3) is 0 Å². The predicted octanol–water partition coefficient (Wildman–Crippen LogP) is 3.36. The topological polar surface area (TPSA) is 90.8 Å². The summed E-state index contributed by atoms with van der Waals surface area (Å²) in [6.07, 6.45) is 0. The van der Waals surface area contributed by atoms with Crippen molar-refractivity contribution in [3.05, 3.63) is 69.3 Å². The second kappa shape index (κ2) is 10.2. The molecule has 2 N–H and O–H groups in total. The molecule has 2 aromatic rings. The van der Waals surface area contributed by atoms with Crippen molar-refractivity contribution in [1.82, 2.24) is 15.1 Å². The zero-order valence-corrected chi connectivity index (χ0v) is 17.6. The molecule has 1 heterocycles. The Labute approximate surface area is 177 Å². The van der Waals surface area contributed by atoms with Crippen LogP contribution in [0.3, 0.4) is 0 Å². The van der Waals surface area contributed by atoms with Crippen LogP contribution in [0.2, 0.25) is 0 Å². The van der Waals surface area contributed by atoms with Crippen LogP contribution in [0.5, 0.6) is 0 Å². The summed E-state index contributed by atoms with van der Waals surface area (Å²) in [6, 6.07) is 12.4. The quantitative estimate of drug-likeness (QED) is 0.539. The van der Waals surface area contributed by atoms with Gasteiger partial charge in [0.2, 0.25) is 0 Å². The van der Waals surface area contributed by atoms with Crippen molar-refractivity contribution < 1.29 is 9.72 Å². The molecule has 8 heteroatoms. The Hall–Kier alpha value is -2.97. The van der Waals surface area contributed by atoms with E-state index >= 15 is 0 Å². The van der Waals surface area contributed by atoms with Gasteiger partial charge in [-0.05, 0) is 36.7 Å². The van der Waals surface area contributed by atoms with Gasteiger partial charge in [0.25, 0.3) is 5.69 Å². The summed E-state index contributed by atoms with van der Waals surface area (Å²) in [5, 5.41) is 16.6. The van der Waals surface area contributed by atoms with E-state index in [1.807, 2.05) is 18.2 Å². The van der Waals surface area contributed by atoms with Crippen molar-refractivity contribution in [1.29, 1.82) is 0 Å². The van der Waals surface area contributed by atoms with Crippen molar-refractivity contribution in [2.45, 2.75) is 26.9 Å². The number of carbonyl (C=O) groups excluding carboxylic acids is 1. The number of hydrogen-bond acceptors (Lipinski definition) is 5. The molecule has 0 saturated carbocycles. The van der Waals surface area contributed by atoms with E-state index in [0.29, 0.717) is 17.8 Å². The molecule has 0 bridgehead atoms. The number of carbonyl (C=O) groups is 1. The number of nitro benzene ring substituents is 1. The molecule has 2 amide bonds. The van der Waals surface area contributed by atoms with Crippen LogP contribution in [-0.2, 0) is 13.1 Å². The van der Waals surface area contributed by atoms with Gasteiger partial charge in [0.1, 0.15) is 0 Å². The summed E-state index contributed by atoms with van der Waals surface area (Å²) in [4.78, 5) is 27.7. The molecular weight excluding hydrogens is 382 g/mol. The first-order valence-corrected chi connectivity index (χ1v) is 10.3. The first kappa shape index (κ1) is 21.7. The molecule has 30 heavy (non-hydrogen) atoms. The second-order valence-electron chi connectivity index (χ2n) is 7.55. The average Bonchev–Trinajstić information content (AvgIpc) is 2.73. The predicted molar refractivity (Wildman–Crippen MR) is 118 cm³/mol. The van der Waals surface area contributed by atoms with Crippen LogP contribution in [-0.4, -0.2) is 53.5 Å². The summed E-state index contributed by atoms with van der Waals surface area (Å²) in [5.41, 5.74) is 3.37. The normalized spacial score (nSPS) is 15.0. The number of anilines is 1. The van der Waals surface area contributed by atoms with Gasteiger partial charge in [-0.15, -0.1) is 0 Å². The van der Waals surface area contributed by atoms with Gasteiger partial charge >= 0.3 is 6.03 Å². The van der Waals surface area contributed by atoms with Gasteiger partial charge in [0.15, 0.2) is 0 Å². The third-order valence-corrected chi connectivity index (χ3v) is 5.52. The Balaban J connectivity index is 1.55. The summed E-state index contributed by atoms with van der Waals surface area (Å²) < 4.78 is 0. The maximum Gasteiger partial charge on any atom is 0.319 e. The van der Waals surface area contributed by atoms with Gasteiger partial charge in [-0.25, -0.2) is 4.79 Å². The number of rotatable bonds is 7. The van der Waals surface area contributed by atoms with Crippen LogP contribution in [0.15, 0.2) is 42.5 Å². The van der Waals surface area contributed by atoms with Crippen molar-refractivity contribution in [2.24, 2.45) is 0 Å². The number of urea groups is 1. The van der Waals surface area contributed by atoms with Gasteiger partial charge in [-0.3, -0.25) is 15.0 Å². The summed E-state index contributed by atoms with van der Waals surface area (Å²) >= 11 is 0. The molecule has 1 fully saturated rings. The Morgan fingerprint density at radius 3 is 2.37 bits per heavy atom. The summed E-state index contributed by atoms with van der Waals surface area (Å²) in [7, 11) is 0. The van der Waals surface area contributed by atoms with E-state index in [-0.39, 0.29) is 11.7 Å². The number of hydrogen-bond donors (Lipinski definition) is 2. The molecule has 160 valence electrons. The van der Waals surface area contributed by atoms with Crippen molar-refractivity contribution in [3.63, 3.8) is 0 Å². The molecule has 0 atom stereocenters. The zero-order valence-electron chi connectivity index (χ0n) is 17.6. The van der Waals surface area contributed by atoms with E-state index in [1.54, 1.807) is 13.0 Å². The molecule has 1 aliphatic heterocycles. The minimum absolute atomic E-state index is 0.0367. The number of piperazine rings is 1. The molecule has 0 aliphatic carbocycles. The van der Waals surface area contributed by atoms with Crippen molar-refractivity contribution in [2.75, 3.05) is 38.0 Å². The Morgan fingerprint density at radius 2 is 1.73 bits per heavy atom. The highest BCUT2D eigenvalue weighted by Gasteiger charge is 2.17. The fourth-order valence-electron chi connectivity index (χ4n) is 3.68. The molecule has 2 aromatic carbocycles.